The Balaban J connectivity index is 1.68. The van der Waals surface area contributed by atoms with E-state index in [2.05, 4.69) is 34.6 Å². The molecule has 0 amide bonds. The Labute approximate surface area is 117 Å². The van der Waals surface area contributed by atoms with E-state index in [-0.39, 0.29) is 0 Å². The van der Waals surface area contributed by atoms with Gasteiger partial charge in [-0.2, -0.15) is 0 Å². The fourth-order valence-electron chi connectivity index (χ4n) is 2.28. The quantitative estimate of drug-likeness (QED) is 0.838. The van der Waals surface area contributed by atoms with Crippen LogP contribution in [0.1, 0.15) is 23.5 Å². The molecule has 1 aromatic carbocycles. The van der Waals surface area contributed by atoms with Crippen LogP contribution in [0.3, 0.4) is 0 Å². The Kier molecular flexibility index (Phi) is 3.17. The van der Waals surface area contributed by atoms with Crippen molar-refractivity contribution in [1.82, 2.24) is 4.98 Å². The fourth-order valence-corrected chi connectivity index (χ4v) is 2.40. The summed E-state index contributed by atoms with van der Waals surface area (Å²) in [6.45, 7) is 0. The molecular formula is C15H15N3S. The molecule has 96 valence electrons. The van der Waals surface area contributed by atoms with E-state index in [1.807, 2.05) is 18.2 Å². The average molecular weight is 269 g/mol. The summed E-state index contributed by atoms with van der Waals surface area (Å²) in [7, 11) is 0. The number of anilines is 1. The number of nitrogens with zero attached hydrogens (tertiary/aromatic N) is 1. The van der Waals surface area contributed by atoms with E-state index < -0.39 is 0 Å². The third-order valence-corrected chi connectivity index (χ3v) is 3.63. The molecule has 0 saturated heterocycles. The van der Waals surface area contributed by atoms with Gasteiger partial charge in [0.15, 0.2) is 0 Å². The van der Waals surface area contributed by atoms with Gasteiger partial charge in [0.05, 0.1) is 0 Å². The molecule has 0 spiro atoms. The van der Waals surface area contributed by atoms with Crippen LogP contribution in [0.4, 0.5) is 5.82 Å². The number of hydrogen-bond acceptors (Lipinski definition) is 3. The molecule has 2 aromatic rings. The summed E-state index contributed by atoms with van der Waals surface area (Å²) >= 11 is 4.97. The predicted octanol–water partition coefficient (Wildman–Crippen LogP) is 2.68. The smallest absolute Gasteiger partial charge is 0.126 e. The zero-order valence-electron chi connectivity index (χ0n) is 10.4. The summed E-state index contributed by atoms with van der Waals surface area (Å²) in [5, 5.41) is 3.43. The molecule has 0 aliphatic heterocycles. The maximum atomic E-state index is 5.62. The number of nitrogens with one attached hydrogen (secondary N) is 1. The second-order valence-electron chi connectivity index (χ2n) is 4.80. The first-order chi connectivity index (χ1) is 9.24. The van der Waals surface area contributed by atoms with E-state index in [1.165, 1.54) is 5.56 Å². The number of benzene rings is 1. The van der Waals surface area contributed by atoms with Crippen LogP contribution in [-0.4, -0.2) is 16.0 Å². The number of nitrogens with two attached hydrogens (primary N) is 1. The molecule has 3 N–H and O–H groups in total. The van der Waals surface area contributed by atoms with Crippen LogP contribution in [0.15, 0.2) is 48.7 Å². The van der Waals surface area contributed by atoms with Crippen molar-refractivity contribution in [2.75, 3.05) is 5.32 Å². The van der Waals surface area contributed by atoms with Crippen LogP contribution >= 0.6 is 12.2 Å². The topological polar surface area (TPSA) is 50.9 Å². The normalized spacial score (nSPS) is 20.8. The van der Waals surface area contributed by atoms with Gasteiger partial charge >= 0.3 is 0 Å². The highest BCUT2D eigenvalue weighted by Gasteiger charge is 2.38. The van der Waals surface area contributed by atoms with Crippen LogP contribution in [0, 0.1) is 0 Å². The van der Waals surface area contributed by atoms with Crippen molar-refractivity contribution in [2.24, 2.45) is 5.73 Å². The minimum atomic E-state index is 0.404. The first-order valence-corrected chi connectivity index (χ1v) is 6.72. The molecule has 1 aliphatic carbocycles. The van der Waals surface area contributed by atoms with E-state index in [1.54, 1.807) is 6.20 Å². The van der Waals surface area contributed by atoms with Gasteiger partial charge in [-0.1, -0.05) is 42.5 Å². The standard InChI is InChI=1S/C15H15N3S/c16-15(19)11-6-7-17-14(8-11)18-13-9-12(13)10-4-2-1-3-5-10/h1-8,12-13H,9H2,(H2,16,19)(H,17,18). The van der Waals surface area contributed by atoms with Crippen molar-refractivity contribution in [3.63, 3.8) is 0 Å². The first kappa shape index (κ1) is 12.1. The first-order valence-electron chi connectivity index (χ1n) is 6.31. The number of thiocarbonyl (C=S) groups is 1. The van der Waals surface area contributed by atoms with Crippen LogP contribution < -0.4 is 11.1 Å². The zero-order chi connectivity index (χ0) is 13.2. The number of hydrogen-bond donors (Lipinski definition) is 2. The highest BCUT2D eigenvalue weighted by molar-refractivity contribution is 7.80. The molecule has 1 aliphatic rings. The van der Waals surface area contributed by atoms with Gasteiger partial charge in [0, 0.05) is 23.7 Å². The molecule has 1 aromatic heterocycles. The summed E-state index contributed by atoms with van der Waals surface area (Å²) < 4.78 is 0. The molecule has 4 heteroatoms. The lowest BCUT2D eigenvalue weighted by atomic mass is 10.1. The van der Waals surface area contributed by atoms with Crippen molar-refractivity contribution < 1.29 is 0 Å². The van der Waals surface area contributed by atoms with E-state index in [0.29, 0.717) is 16.9 Å². The van der Waals surface area contributed by atoms with Crippen molar-refractivity contribution in [3.05, 3.63) is 59.8 Å². The van der Waals surface area contributed by atoms with Crippen molar-refractivity contribution in [1.29, 1.82) is 0 Å². The summed E-state index contributed by atoms with van der Waals surface area (Å²) in [6.07, 6.45) is 2.87. The molecule has 3 rings (SSSR count). The molecule has 0 radical (unpaired) electrons. The van der Waals surface area contributed by atoms with Gasteiger partial charge in [0.25, 0.3) is 0 Å². The molecule has 1 heterocycles. The van der Waals surface area contributed by atoms with Crippen LogP contribution in [0.2, 0.25) is 0 Å². The lowest BCUT2D eigenvalue weighted by molar-refractivity contribution is 1.03. The second kappa shape index (κ2) is 4.97. The molecule has 0 bridgehead atoms. The largest absolute Gasteiger partial charge is 0.389 e. The lowest BCUT2D eigenvalue weighted by Crippen LogP contribution is -2.11. The second-order valence-corrected chi connectivity index (χ2v) is 5.24. The van der Waals surface area contributed by atoms with E-state index in [4.69, 9.17) is 18.0 Å². The van der Waals surface area contributed by atoms with Crippen molar-refractivity contribution in [2.45, 2.75) is 18.4 Å². The molecule has 1 fully saturated rings. The molecule has 19 heavy (non-hydrogen) atoms. The van der Waals surface area contributed by atoms with Gasteiger partial charge in [-0.25, -0.2) is 4.98 Å². The SMILES string of the molecule is NC(=S)c1ccnc(NC2CC2c2ccccc2)c1. The number of aromatic nitrogens is 1. The van der Waals surface area contributed by atoms with Crippen molar-refractivity contribution in [3.8, 4) is 0 Å². The maximum absolute atomic E-state index is 5.62. The Bertz CT molecular complexity index is 597. The third-order valence-electron chi connectivity index (χ3n) is 3.40. The summed E-state index contributed by atoms with van der Waals surface area (Å²) in [6, 6.07) is 14.7. The van der Waals surface area contributed by atoms with Gasteiger partial charge in [-0.15, -0.1) is 0 Å². The molecule has 2 atom stereocenters. The third kappa shape index (κ3) is 2.74. The van der Waals surface area contributed by atoms with Crippen molar-refractivity contribution >= 4 is 23.0 Å². The monoisotopic (exact) mass is 269 g/mol. The maximum Gasteiger partial charge on any atom is 0.126 e. The summed E-state index contributed by atoms with van der Waals surface area (Å²) in [5.41, 5.74) is 7.85. The molecular weight excluding hydrogens is 254 g/mol. The van der Waals surface area contributed by atoms with Crippen LogP contribution in [0.25, 0.3) is 0 Å². The van der Waals surface area contributed by atoms with Crippen LogP contribution in [-0.2, 0) is 0 Å². The molecule has 3 nitrogen and oxygen atoms in total. The fraction of sp³-hybridized carbons (Fsp3) is 0.200. The van der Waals surface area contributed by atoms with Gasteiger partial charge in [0.1, 0.15) is 10.8 Å². The van der Waals surface area contributed by atoms with Gasteiger partial charge < -0.3 is 11.1 Å². The summed E-state index contributed by atoms with van der Waals surface area (Å²) in [5.74, 6) is 1.42. The van der Waals surface area contributed by atoms with E-state index >= 15 is 0 Å². The average Bonchev–Trinajstić information content (AvgIpc) is 3.19. The van der Waals surface area contributed by atoms with Crippen LogP contribution in [0.5, 0.6) is 0 Å². The molecule has 1 saturated carbocycles. The predicted molar refractivity (Wildman–Crippen MR) is 81.3 cm³/mol. The van der Waals surface area contributed by atoms with Gasteiger partial charge in [0.2, 0.25) is 0 Å². The Hall–Kier alpha value is -1.94. The Morgan fingerprint density at radius 3 is 2.79 bits per heavy atom. The Morgan fingerprint density at radius 2 is 2.05 bits per heavy atom. The number of rotatable bonds is 4. The molecule has 2 unspecified atom stereocenters. The number of pyridine rings is 1. The highest BCUT2D eigenvalue weighted by Crippen LogP contribution is 2.42. The van der Waals surface area contributed by atoms with E-state index in [0.717, 1.165) is 17.8 Å². The Morgan fingerprint density at radius 1 is 1.26 bits per heavy atom. The zero-order valence-corrected chi connectivity index (χ0v) is 11.2. The van der Waals surface area contributed by atoms with Gasteiger partial charge in [-0.3, -0.25) is 0 Å². The van der Waals surface area contributed by atoms with E-state index in [9.17, 15) is 0 Å². The highest BCUT2D eigenvalue weighted by atomic mass is 32.1. The minimum Gasteiger partial charge on any atom is -0.389 e. The lowest BCUT2D eigenvalue weighted by Gasteiger charge is -2.06. The minimum absolute atomic E-state index is 0.404. The summed E-state index contributed by atoms with van der Waals surface area (Å²) in [4.78, 5) is 4.71. The van der Waals surface area contributed by atoms with Gasteiger partial charge in [-0.05, 0) is 24.1 Å².